The van der Waals surface area contributed by atoms with Crippen LogP contribution in [-0.2, 0) is 10.0 Å². The molecular weight excluding hydrogens is 376 g/mol. The van der Waals surface area contributed by atoms with Gasteiger partial charge in [-0.15, -0.1) is 0 Å². The molecule has 0 radical (unpaired) electrons. The first-order chi connectivity index (χ1) is 13.3. The number of hydrogen-bond donors (Lipinski definition) is 0. The van der Waals surface area contributed by atoms with Gasteiger partial charge in [-0.25, -0.2) is 8.42 Å². The molecule has 0 N–H and O–H groups in total. The quantitative estimate of drug-likeness (QED) is 0.775. The smallest absolute Gasteiger partial charge is 0.256 e. The minimum Gasteiger partial charge on any atom is -0.329 e. The third kappa shape index (κ3) is 2.62. The SMILES string of the molecule is Cc1cc(C#N)cc(C)c1S(=O)(=O)N1CCN2C(=O)c3c(ccnc3C)C2C1. The zero-order chi connectivity index (χ0) is 20.2. The number of aromatic nitrogens is 1. The topological polar surface area (TPSA) is 94.4 Å². The number of carbonyl (C=O) groups excluding carboxylic acids is 1. The van der Waals surface area contributed by atoms with Crippen molar-refractivity contribution in [1.29, 1.82) is 5.26 Å². The molecule has 8 heteroatoms. The van der Waals surface area contributed by atoms with Crippen LogP contribution < -0.4 is 0 Å². The summed E-state index contributed by atoms with van der Waals surface area (Å²) in [5.41, 5.74) is 3.66. The molecule has 2 aliphatic heterocycles. The zero-order valence-corrected chi connectivity index (χ0v) is 16.7. The van der Waals surface area contributed by atoms with Crippen LogP contribution in [0, 0.1) is 32.1 Å². The highest BCUT2D eigenvalue weighted by atomic mass is 32.2. The van der Waals surface area contributed by atoms with E-state index in [0.717, 1.165) is 5.56 Å². The maximum Gasteiger partial charge on any atom is 0.256 e. The van der Waals surface area contributed by atoms with E-state index in [1.807, 2.05) is 0 Å². The third-order valence-electron chi connectivity index (χ3n) is 5.54. The Morgan fingerprint density at radius 2 is 1.86 bits per heavy atom. The lowest BCUT2D eigenvalue weighted by Gasteiger charge is -2.37. The van der Waals surface area contributed by atoms with E-state index < -0.39 is 10.0 Å². The van der Waals surface area contributed by atoms with Gasteiger partial charge in [0.2, 0.25) is 10.0 Å². The van der Waals surface area contributed by atoms with Gasteiger partial charge in [0.25, 0.3) is 5.91 Å². The molecule has 3 heterocycles. The number of pyridine rings is 1. The second-order valence-corrected chi connectivity index (χ2v) is 9.16. The van der Waals surface area contributed by atoms with Gasteiger partial charge in [-0.2, -0.15) is 9.57 Å². The number of amides is 1. The van der Waals surface area contributed by atoms with Crippen LogP contribution >= 0.6 is 0 Å². The Hall–Kier alpha value is -2.76. The van der Waals surface area contributed by atoms with Crippen LogP contribution in [0.5, 0.6) is 0 Å². The molecule has 2 aromatic rings. The highest BCUT2D eigenvalue weighted by Crippen LogP contribution is 2.38. The van der Waals surface area contributed by atoms with E-state index in [0.29, 0.717) is 34.5 Å². The first kappa shape index (κ1) is 18.6. The Morgan fingerprint density at radius 1 is 1.18 bits per heavy atom. The summed E-state index contributed by atoms with van der Waals surface area (Å²) in [6.07, 6.45) is 1.66. The Bertz CT molecular complexity index is 1130. The van der Waals surface area contributed by atoms with E-state index in [1.54, 1.807) is 50.1 Å². The van der Waals surface area contributed by atoms with Crippen molar-refractivity contribution >= 4 is 15.9 Å². The van der Waals surface area contributed by atoms with Crippen molar-refractivity contribution in [3.8, 4) is 6.07 Å². The molecule has 1 fully saturated rings. The van der Waals surface area contributed by atoms with Crippen LogP contribution in [0.4, 0.5) is 0 Å². The Kier molecular flexibility index (Phi) is 4.25. The fourth-order valence-electron chi connectivity index (χ4n) is 4.32. The number of rotatable bonds is 2. The summed E-state index contributed by atoms with van der Waals surface area (Å²) in [6, 6.07) is 6.76. The van der Waals surface area contributed by atoms with E-state index >= 15 is 0 Å². The van der Waals surface area contributed by atoms with Crippen molar-refractivity contribution in [3.05, 3.63) is 57.9 Å². The molecule has 1 aromatic carbocycles. The summed E-state index contributed by atoms with van der Waals surface area (Å²) in [5, 5.41) is 9.12. The van der Waals surface area contributed by atoms with Gasteiger partial charge in [-0.1, -0.05) is 0 Å². The normalized spacial score (nSPS) is 19.3. The summed E-state index contributed by atoms with van der Waals surface area (Å²) in [6.45, 7) is 6.01. The van der Waals surface area contributed by atoms with E-state index in [1.165, 1.54) is 4.31 Å². The largest absolute Gasteiger partial charge is 0.329 e. The number of carbonyl (C=O) groups is 1. The molecule has 1 atom stereocenters. The second kappa shape index (κ2) is 6.40. The molecular formula is C20H20N4O3S. The minimum absolute atomic E-state index is 0.0756. The van der Waals surface area contributed by atoms with Crippen LogP contribution in [0.1, 0.15) is 44.3 Å². The molecule has 28 heavy (non-hydrogen) atoms. The van der Waals surface area contributed by atoms with Crippen molar-refractivity contribution < 1.29 is 13.2 Å². The predicted octanol–water partition coefficient (Wildman–Crippen LogP) is 2.08. The van der Waals surface area contributed by atoms with Gasteiger partial charge in [0.15, 0.2) is 0 Å². The van der Waals surface area contributed by atoms with Crippen LogP contribution in [-0.4, -0.2) is 48.1 Å². The summed E-state index contributed by atoms with van der Waals surface area (Å²) in [7, 11) is -3.75. The number of nitriles is 1. The van der Waals surface area contributed by atoms with Crippen molar-refractivity contribution in [1.82, 2.24) is 14.2 Å². The fraction of sp³-hybridized carbons (Fsp3) is 0.350. The van der Waals surface area contributed by atoms with Crippen molar-refractivity contribution in [2.75, 3.05) is 19.6 Å². The van der Waals surface area contributed by atoms with Crippen LogP contribution in [0.15, 0.2) is 29.3 Å². The van der Waals surface area contributed by atoms with Crippen molar-refractivity contribution in [3.63, 3.8) is 0 Å². The van der Waals surface area contributed by atoms with Crippen molar-refractivity contribution in [2.45, 2.75) is 31.7 Å². The average Bonchev–Trinajstić information content (AvgIpc) is 2.94. The van der Waals surface area contributed by atoms with Gasteiger partial charge in [-0.05, 0) is 55.7 Å². The number of hydrogen-bond acceptors (Lipinski definition) is 5. The molecule has 7 nitrogen and oxygen atoms in total. The van der Waals surface area contributed by atoms with Gasteiger partial charge in [0.1, 0.15) is 0 Å². The van der Waals surface area contributed by atoms with E-state index in [4.69, 9.17) is 5.26 Å². The lowest BCUT2D eigenvalue weighted by atomic mass is 10.0. The molecule has 0 saturated carbocycles. The fourth-order valence-corrected chi connectivity index (χ4v) is 6.17. The molecule has 1 aromatic heterocycles. The maximum absolute atomic E-state index is 13.4. The van der Waals surface area contributed by atoms with Gasteiger partial charge in [0, 0.05) is 25.8 Å². The number of benzene rings is 1. The molecule has 0 bridgehead atoms. The van der Waals surface area contributed by atoms with E-state index in [-0.39, 0.29) is 29.9 Å². The Labute approximate surface area is 164 Å². The number of aryl methyl sites for hydroxylation is 3. The lowest BCUT2D eigenvalue weighted by Crippen LogP contribution is -2.49. The minimum atomic E-state index is -3.75. The summed E-state index contributed by atoms with van der Waals surface area (Å²) in [4.78, 5) is 18.9. The van der Waals surface area contributed by atoms with Gasteiger partial charge in [-0.3, -0.25) is 9.78 Å². The highest BCUT2D eigenvalue weighted by molar-refractivity contribution is 7.89. The Balaban J connectivity index is 1.73. The molecule has 1 saturated heterocycles. The molecule has 144 valence electrons. The number of fused-ring (bicyclic) bond motifs is 3. The van der Waals surface area contributed by atoms with Gasteiger partial charge >= 0.3 is 0 Å². The molecule has 4 rings (SSSR count). The molecule has 0 spiro atoms. The van der Waals surface area contributed by atoms with E-state index in [2.05, 4.69) is 11.1 Å². The molecule has 2 aliphatic rings. The number of nitrogens with zero attached hydrogens (tertiary/aromatic N) is 4. The molecule has 0 aliphatic carbocycles. The second-order valence-electron chi connectivity index (χ2n) is 7.29. The molecule has 1 amide bonds. The first-order valence-corrected chi connectivity index (χ1v) is 10.5. The van der Waals surface area contributed by atoms with Crippen LogP contribution in [0.2, 0.25) is 0 Å². The van der Waals surface area contributed by atoms with E-state index in [9.17, 15) is 13.2 Å². The maximum atomic E-state index is 13.4. The number of piperazine rings is 1. The lowest BCUT2D eigenvalue weighted by molar-refractivity contribution is 0.0628. The monoisotopic (exact) mass is 396 g/mol. The summed E-state index contributed by atoms with van der Waals surface area (Å²) in [5.74, 6) is -0.0756. The van der Waals surface area contributed by atoms with Crippen LogP contribution in [0.3, 0.4) is 0 Å². The van der Waals surface area contributed by atoms with Gasteiger partial charge in [0.05, 0.1) is 33.8 Å². The third-order valence-corrected chi connectivity index (χ3v) is 7.71. The Morgan fingerprint density at radius 3 is 2.50 bits per heavy atom. The summed E-state index contributed by atoms with van der Waals surface area (Å²) < 4.78 is 28.3. The van der Waals surface area contributed by atoms with Crippen LogP contribution in [0.25, 0.3) is 0 Å². The highest BCUT2D eigenvalue weighted by Gasteiger charge is 2.44. The number of sulfonamides is 1. The molecule has 1 unspecified atom stereocenters. The first-order valence-electron chi connectivity index (χ1n) is 9.03. The van der Waals surface area contributed by atoms with Crippen molar-refractivity contribution in [2.24, 2.45) is 0 Å². The standard InChI is InChI=1S/C20H20N4O3S/c1-12-8-15(10-21)9-13(2)19(12)28(26,27)23-6-7-24-17(11-23)16-4-5-22-14(3)18(16)20(24)25/h4-5,8-9,17H,6-7,11H2,1-3H3. The van der Waals surface area contributed by atoms with Gasteiger partial charge < -0.3 is 4.90 Å². The zero-order valence-electron chi connectivity index (χ0n) is 15.9. The average molecular weight is 396 g/mol. The summed E-state index contributed by atoms with van der Waals surface area (Å²) >= 11 is 0. The predicted molar refractivity (Wildman–Crippen MR) is 102 cm³/mol.